The first-order chi connectivity index (χ1) is 4.38. The van der Waals surface area contributed by atoms with Crippen LogP contribution in [0.25, 0.3) is 0 Å². The monoisotopic (exact) mass is 127 g/mol. The lowest BCUT2D eigenvalue weighted by Gasteiger charge is -2.48. The number of nitrogens with two attached hydrogens (primary N) is 1. The lowest BCUT2D eigenvalue weighted by Crippen LogP contribution is -2.65. The lowest BCUT2D eigenvalue weighted by molar-refractivity contribution is -0.00521. The fourth-order valence-corrected chi connectivity index (χ4v) is 1.77. The van der Waals surface area contributed by atoms with Gasteiger partial charge in [-0.2, -0.15) is 0 Å². The number of hydrogen-bond donors (Lipinski definition) is 2. The molecule has 3 nitrogen and oxygen atoms in total. The van der Waals surface area contributed by atoms with Gasteiger partial charge in [0.05, 0.1) is 0 Å². The van der Waals surface area contributed by atoms with E-state index in [-0.39, 0.29) is 0 Å². The van der Waals surface area contributed by atoms with Crippen LogP contribution in [0.2, 0.25) is 0 Å². The first-order valence-electron chi connectivity index (χ1n) is 3.60. The van der Waals surface area contributed by atoms with Crippen molar-refractivity contribution in [2.24, 2.45) is 11.8 Å². The van der Waals surface area contributed by atoms with Gasteiger partial charge in [0.2, 0.25) is 0 Å². The smallest absolute Gasteiger partial charge is 0.0407 e. The van der Waals surface area contributed by atoms with Crippen LogP contribution in [0.15, 0.2) is 0 Å². The van der Waals surface area contributed by atoms with Crippen LogP contribution in [0.1, 0.15) is 6.42 Å². The minimum absolute atomic E-state index is 0.652. The summed E-state index contributed by atoms with van der Waals surface area (Å²) >= 11 is 0. The van der Waals surface area contributed by atoms with E-state index in [0.717, 1.165) is 19.0 Å². The van der Waals surface area contributed by atoms with Gasteiger partial charge in [0.1, 0.15) is 0 Å². The van der Waals surface area contributed by atoms with E-state index in [2.05, 4.69) is 5.32 Å². The number of rotatable bonds is 0. The fraction of sp³-hybridized carbons (Fsp3) is 1.00. The van der Waals surface area contributed by atoms with Gasteiger partial charge in [-0.05, 0) is 18.9 Å². The molecule has 2 saturated heterocycles. The molecule has 0 saturated carbocycles. The van der Waals surface area contributed by atoms with Crippen molar-refractivity contribution < 1.29 is 0 Å². The Morgan fingerprint density at radius 3 is 3.00 bits per heavy atom. The van der Waals surface area contributed by atoms with Gasteiger partial charge in [-0.1, -0.05) is 0 Å². The molecule has 2 atom stereocenters. The van der Waals surface area contributed by atoms with Crippen molar-refractivity contribution >= 4 is 0 Å². The van der Waals surface area contributed by atoms with Gasteiger partial charge < -0.3 is 5.32 Å². The molecule has 0 aromatic heterocycles. The van der Waals surface area contributed by atoms with E-state index in [1.54, 1.807) is 0 Å². The summed E-state index contributed by atoms with van der Waals surface area (Å²) in [6.07, 6.45) is 1.32. The van der Waals surface area contributed by atoms with Gasteiger partial charge in [0.25, 0.3) is 0 Å². The van der Waals surface area contributed by atoms with Gasteiger partial charge >= 0.3 is 0 Å². The minimum Gasteiger partial charge on any atom is -0.315 e. The normalized spacial score (nSPS) is 43.7. The highest BCUT2D eigenvalue weighted by Gasteiger charge is 2.37. The van der Waals surface area contributed by atoms with Crippen molar-refractivity contribution in [1.29, 1.82) is 0 Å². The molecule has 0 bridgehead atoms. The molecular weight excluding hydrogens is 114 g/mol. The molecular formula is C6H13N3. The Labute approximate surface area is 55.2 Å². The molecule has 3 N–H and O–H groups in total. The van der Waals surface area contributed by atoms with Crippen molar-refractivity contribution in [3.05, 3.63) is 0 Å². The average molecular weight is 127 g/mol. The summed E-state index contributed by atoms with van der Waals surface area (Å²) in [5, 5.41) is 5.27. The molecule has 0 spiro atoms. The summed E-state index contributed by atoms with van der Waals surface area (Å²) in [5.74, 6) is 6.53. The van der Waals surface area contributed by atoms with Crippen LogP contribution in [-0.4, -0.2) is 30.7 Å². The van der Waals surface area contributed by atoms with Gasteiger partial charge in [-0.15, -0.1) is 0 Å². The maximum absolute atomic E-state index is 5.63. The molecule has 0 aromatic carbocycles. The first kappa shape index (κ1) is 5.65. The van der Waals surface area contributed by atoms with Crippen molar-refractivity contribution in [1.82, 2.24) is 10.3 Å². The van der Waals surface area contributed by atoms with Crippen LogP contribution >= 0.6 is 0 Å². The first-order valence-corrected chi connectivity index (χ1v) is 3.60. The highest BCUT2D eigenvalue weighted by molar-refractivity contribution is 4.93. The van der Waals surface area contributed by atoms with Crippen molar-refractivity contribution in [3.63, 3.8) is 0 Å². The fourth-order valence-electron chi connectivity index (χ4n) is 1.77. The Hall–Kier alpha value is -0.120. The number of fused-ring (bicyclic) bond motifs is 1. The maximum Gasteiger partial charge on any atom is 0.0407 e. The Kier molecular flexibility index (Phi) is 1.22. The summed E-state index contributed by atoms with van der Waals surface area (Å²) in [6.45, 7) is 3.41. The number of hydrazine groups is 1. The highest BCUT2D eigenvalue weighted by atomic mass is 15.5. The molecule has 0 amide bonds. The van der Waals surface area contributed by atoms with Gasteiger partial charge in [-0.25, -0.2) is 5.01 Å². The topological polar surface area (TPSA) is 41.3 Å². The SMILES string of the molecule is NN1CC2CCNCC21. The van der Waals surface area contributed by atoms with Crippen molar-refractivity contribution in [3.8, 4) is 0 Å². The Morgan fingerprint density at radius 1 is 1.56 bits per heavy atom. The number of hydrogen-bond acceptors (Lipinski definition) is 3. The Balaban J connectivity index is 1.94. The second kappa shape index (κ2) is 1.94. The molecule has 2 heterocycles. The molecule has 2 unspecified atom stereocenters. The van der Waals surface area contributed by atoms with E-state index in [4.69, 9.17) is 5.84 Å². The zero-order valence-corrected chi connectivity index (χ0v) is 5.51. The van der Waals surface area contributed by atoms with Crippen LogP contribution in [0.5, 0.6) is 0 Å². The quantitative estimate of drug-likeness (QED) is 0.417. The zero-order valence-electron chi connectivity index (χ0n) is 5.51. The van der Waals surface area contributed by atoms with E-state index in [1.165, 1.54) is 13.0 Å². The van der Waals surface area contributed by atoms with Crippen LogP contribution in [0.3, 0.4) is 0 Å². The average Bonchev–Trinajstić information content (AvgIpc) is 1.86. The zero-order chi connectivity index (χ0) is 6.27. The van der Waals surface area contributed by atoms with Crippen molar-refractivity contribution in [2.45, 2.75) is 12.5 Å². The Morgan fingerprint density at radius 2 is 2.44 bits per heavy atom. The van der Waals surface area contributed by atoms with E-state index in [1.807, 2.05) is 5.01 Å². The third-order valence-electron chi connectivity index (χ3n) is 2.46. The molecule has 52 valence electrons. The lowest BCUT2D eigenvalue weighted by atomic mass is 9.85. The van der Waals surface area contributed by atoms with E-state index < -0.39 is 0 Å². The van der Waals surface area contributed by atoms with Crippen LogP contribution in [0.4, 0.5) is 0 Å². The van der Waals surface area contributed by atoms with Gasteiger partial charge in [0.15, 0.2) is 0 Å². The summed E-state index contributed by atoms with van der Waals surface area (Å²) < 4.78 is 0. The molecule has 2 aliphatic heterocycles. The molecule has 0 radical (unpaired) electrons. The molecule has 0 aliphatic carbocycles. The highest BCUT2D eigenvalue weighted by Crippen LogP contribution is 2.25. The number of piperidine rings is 1. The molecule has 0 aromatic rings. The van der Waals surface area contributed by atoms with Crippen LogP contribution in [-0.2, 0) is 0 Å². The molecule has 9 heavy (non-hydrogen) atoms. The summed E-state index contributed by atoms with van der Waals surface area (Å²) in [6, 6.07) is 0.652. The summed E-state index contributed by atoms with van der Waals surface area (Å²) in [4.78, 5) is 0. The van der Waals surface area contributed by atoms with E-state index in [9.17, 15) is 0 Å². The van der Waals surface area contributed by atoms with E-state index >= 15 is 0 Å². The largest absolute Gasteiger partial charge is 0.315 e. The maximum atomic E-state index is 5.63. The second-order valence-corrected chi connectivity index (χ2v) is 3.02. The van der Waals surface area contributed by atoms with Gasteiger partial charge in [0, 0.05) is 19.1 Å². The summed E-state index contributed by atoms with van der Waals surface area (Å²) in [5.41, 5.74) is 0. The standard InChI is InChI=1S/C6H13N3/c7-9-4-5-1-2-8-3-6(5)9/h5-6,8H,1-4,7H2. The minimum atomic E-state index is 0.652. The number of nitrogens with zero attached hydrogens (tertiary/aromatic N) is 1. The van der Waals surface area contributed by atoms with Crippen LogP contribution < -0.4 is 11.2 Å². The Bertz CT molecular complexity index is 113. The molecule has 2 rings (SSSR count). The molecule has 2 fully saturated rings. The predicted octanol–water partition coefficient (Wildman–Crippen LogP) is -0.846. The third kappa shape index (κ3) is 0.764. The summed E-state index contributed by atoms with van der Waals surface area (Å²) in [7, 11) is 0. The van der Waals surface area contributed by atoms with Crippen LogP contribution in [0, 0.1) is 5.92 Å². The van der Waals surface area contributed by atoms with Crippen molar-refractivity contribution in [2.75, 3.05) is 19.6 Å². The number of nitrogens with one attached hydrogen (secondary N) is 1. The van der Waals surface area contributed by atoms with E-state index in [0.29, 0.717) is 6.04 Å². The van der Waals surface area contributed by atoms with Gasteiger partial charge in [-0.3, -0.25) is 5.84 Å². The molecule has 3 heteroatoms. The predicted molar refractivity (Wildman–Crippen MR) is 35.7 cm³/mol. The third-order valence-corrected chi connectivity index (χ3v) is 2.46. The second-order valence-electron chi connectivity index (χ2n) is 3.02. The molecule has 2 aliphatic rings.